The number of hydrogen-bond acceptors (Lipinski definition) is 6. The van der Waals surface area contributed by atoms with Crippen molar-refractivity contribution in [2.45, 2.75) is 19.0 Å². The predicted octanol–water partition coefficient (Wildman–Crippen LogP) is 0.0216. The van der Waals surface area contributed by atoms with Crippen LogP contribution in [0.5, 0.6) is 11.5 Å². The molecule has 0 saturated carbocycles. The Kier molecular flexibility index (Phi) is 3.79. The minimum absolute atomic E-state index is 0.0239. The number of hydrogen-bond donors (Lipinski definition) is 4. The van der Waals surface area contributed by atoms with Crippen LogP contribution in [0.15, 0.2) is 18.2 Å². The van der Waals surface area contributed by atoms with E-state index in [1.54, 1.807) is 6.92 Å². The summed E-state index contributed by atoms with van der Waals surface area (Å²) in [6.07, 6.45) is -1.69. The van der Waals surface area contributed by atoms with Crippen LogP contribution in [-0.2, 0) is 9.53 Å². The number of carbonyl (C=O) groups excluding carboxylic acids is 1. The Balaban J connectivity index is 3.01. The summed E-state index contributed by atoms with van der Waals surface area (Å²) in [4.78, 5) is 11.4. The molecule has 0 amide bonds. The first-order valence-electron chi connectivity index (χ1n) is 5.46. The van der Waals surface area contributed by atoms with E-state index in [2.05, 4.69) is 4.74 Å². The van der Waals surface area contributed by atoms with Gasteiger partial charge in [-0.2, -0.15) is 0 Å². The van der Waals surface area contributed by atoms with Gasteiger partial charge in [-0.15, -0.1) is 0 Å². The van der Waals surface area contributed by atoms with Gasteiger partial charge in [-0.1, -0.05) is 6.07 Å². The Morgan fingerprint density at radius 2 is 2.18 bits per heavy atom. The highest BCUT2D eigenvalue weighted by Crippen LogP contribution is 2.28. The quantitative estimate of drug-likeness (QED) is 0.437. The first-order valence-corrected chi connectivity index (χ1v) is 4.96. The molecule has 2 atom stereocenters. The first-order chi connectivity index (χ1) is 8.30. The van der Waals surface area contributed by atoms with E-state index in [1.807, 2.05) is 0 Å². The van der Waals surface area contributed by atoms with Gasteiger partial charge in [-0.05, 0) is 24.6 Å². The number of carbonyl (C=O) groups is 1. The van der Waals surface area contributed by atoms with Crippen molar-refractivity contribution < 1.29 is 26.2 Å². The van der Waals surface area contributed by atoms with E-state index in [-0.39, 0.29) is 17.9 Å². The number of nitrogens with two attached hydrogens (primary N) is 1. The summed E-state index contributed by atoms with van der Waals surface area (Å²) in [5.74, 6) is -1.94. The van der Waals surface area contributed by atoms with E-state index in [0.717, 1.165) is 12.1 Å². The second-order valence-corrected chi connectivity index (χ2v) is 3.33. The Bertz CT molecular complexity index is 449. The molecule has 0 unspecified atom stereocenters. The average molecular weight is 242 g/mol. The van der Waals surface area contributed by atoms with Gasteiger partial charge >= 0.3 is 5.97 Å². The second kappa shape index (κ2) is 5.51. The van der Waals surface area contributed by atoms with E-state index < -0.39 is 23.8 Å². The summed E-state index contributed by atoms with van der Waals surface area (Å²) in [5.41, 5.74) is 5.43. The average Bonchev–Trinajstić information content (AvgIpc) is 2.32. The van der Waals surface area contributed by atoms with Crippen LogP contribution in [0.3, 0.4) is 0 Å². The largest absolute Gasteiger partial charge is 0.504 e. The van der Waals surface area contributed by atoms with E-state index in [0.29, 0.717) is 0 Å². The molecule has 0 aromatic heterocycles. The van der Waals surface area contributed by atoms with Crippen molar-refractivity contribution >= 4 is 5.97 Å². The van der Waals surface area contributed by atoms with Gasteiger partial charge in [0, 0.05) is 0 Å². The van der Waals surface area contributed by atoms with E-state index in [1.165, 1.54) is 6.07 Å². The Hall–Kier alpha value is -1.79. The first kappa shape index (κ1) is 11.7. The highest BCUT2D eigenvalue weighted by molar-refractivity contribution is 5.76. The fourth-order valence-corrected chi connectivity index (χ4v) is 1.22. The maximum atomic E-state index is 11.4. The van der Waals surface area contributed by atoms with Crippen molar-refractivity contribution in [1.29, 1.82) is 0 Å². The van der Waals surface area contributed by atoms with Crippen LogP contribution in [-0.4, -0.2) is 33.9 Å². The van der Waals surface area contributed by atoms with Gasteiger partial charge in [0.2, 0.25) is 0 Å². The molecule has 0 fully saturated rings. The highest BCUT2D eigenvalue weighted by Gasteiger charge is 2.25. The van der Waals surface area contributed by atoms with Crippen LogP contribution in [0, 0.1) is 0 Å². The Morgan fingerprint density at radius 3 is 2.71 bits per heavy atom. The Morgan fingerprint density at radius 1 is 1.53 bits per heavy atom. The van der Waals surface area contributed by atoms with Gasteiger partial charge in [0.15, 0.2) is 11.5 Å². The fraction of sp³-hybridized carbons (Fsp3) is 0.364. The van der Waals surface area contributed by atoms with E-state index >= 15 is 0 Å². The number of phenolic OH excluding ortho intramolecular Hbond substituents is 2. The van der Waals surface area contributed by atoms with Crippen LogP contribution < -0.4 is 5.73 Å². The van der Waals surface area contributed by atoms with E-state index in [9.17, 15) is 15.0 Å². The molecule has 0 saturated heterocycles. The summed E-state index contributed by atoms with van der Waals surface area (Å²) >= 11 is 0. The third-order valence-corrected chi connectivity index (χ3v) is 2.12. The molecular weight excluding hydrogens is 226 g/mol. The zero-order chi connectivity index (χ0) is 13.9. The smallest absolute Gasteiger partial charge is 0.325 e. The number of aliphatic hydroxyl groups excluding tert-OH is 1. The highest BCUT2D eigenvalue weighted by atomic mass is 16.5. The molecule has 0 bridgehead atoms. The third kappa shape index (κ3) is 3.08. The molecule has 6 heteroatoms. The summed E-state index contributed by atoms with van der Waals surface area (Å²) in [6.45, 7) is 1.58. The molecule has 6 nitrogen and oxygen atoms in total. The van der Waals surface area contributed by atoms with Gasteiger partial charge < -0.3 is 25.8 Å². The maximum Gasteiger partial charge on any atom is 0.325 e. The number of benzene rings is 1. The summed E-state index contributed by atoms with van der Waals surface area (Å²) in [5, 5.41) is 28.3. The van der Waals surface area contributed by atoms with Crippen molar-refractivity contribution in [3.8, 4) is 11.5 Å². The van der Waals surface area contributed by atoms with Crippen LogP contribution in [0.2, 0.25) is 0 Å². The van der Waals surface area contributed by atoms with Crippen LogP contribution in [0.1, 0.15) is 20.0 Å². The van der Waals surface area contributed by atoms with Gasteiger partial charge in [-0.3, -0.25) is 4.79 Å². The third-order valence-electron chi connectivity index (χ3n) is 2.12. The molecule has 1 aromatic rings. The molecule has 0 aliphatic rings. The fourth-order valence-electron chi connectivity index (χ4n) is 1.22. The molecule has 1 rings (SSSR count). The minimum Gasteiger partial charge on any atom is -0.504 e. The van der Waals surface area contributed by atoms with Gasteiger partial charge in [0.25, 0.3) is 0 Å². The maximum absolute atomic E-state index is 11.4. The standard InChI is InChI=1S/C11H15NO5/c1-2-17-11(16)9(12)10(15)6-3-4-7(13)8(14)5-6/h3-5,9-10,13-15H,2,12H2,1H3/t9-,10+/m1/s1/i9D. The molecule has 0 aliphatic carbocycles. The topological polar surface area (TPSA) is 113 Å². The molecule has 17 heavy (non-hydrogen) atoms. The molecular formula is C11H15NO5. The number of aromatic hydroxyl groups is 2. The lowest BCUT2D eigenvalue weighted by atomic mass is 10.0. The zero-order valence-electron chi connectivity index (χ0n) is 10.3. The molecule has 1 aromatic carbocycles. The van der Waals surface area contributed by atoms with Crippen molar-refractivity contribution in [3.05, 3.63) is 23.8 Å². The van der Waals surface area contributed by atoms with Gasteiger partial charge in [0.1, 0.15) is 12.1 Å². The minimum atomic E-state index is -2.39. The van der Waals surface area contributed by atoms with Crippen molar-refractivity contribution in [3.63, 3.8) is 0 Å². The lowest BCUT2D eigenvalue weighted by molar-refractivity contribution is -0.147. The van der Waals surface area contributed by atoms with E-state index in [4.69, 9.17) is 12.2 Å². The second-order valence-electron chi connectivity index (χ2n) is 3.33. The van der Waals surface area contributed by atoms with Crippen molar-refractivity contribution in [1.82, 2.24) is 0 Å². The number of phenols is 2. The molecule has 0 spiro atoms. The van der Waals surface area contributed by atoms with Crippen LogP contribution >= 0.6 is 0 Å². The number of aliphatic hydroxyl groups is 1. The van der Waals surface area contributed by atoms with Crippen molar-refractivity contribution in [2.24, 2.45) is 5.73 Å². The molecule has 0 aliphatic heterocycles. The predicted molar refractivity (Wildman–Crippen MR) is 59.3 cm³/mol. The number of ether oxygens (including phenoxy) is 1. The normalized spacial score (nSPS) is 16.8. The SMILES string of the molecule is [2H][C@](N)(C(=O)OCC)[C@@H](O)c1ccc(O)c(O)c1. The van der Waals surface area contributed by atoms with Gasteiger partial charge in [0.05, 0.1) is 7.98 Å². The lowest BCUT2D eigenvalue weighted by Gasteiger charge is -2.17. The lowest BCUT2D eigenvalue weighted by Crippen LogP contribution is -2.38. The summed E-state index contributed by atoms with van der Waals surface area (Å²) < 4.78 is 12.2. The van der Waals surface area contributed by atoms with Gasteiger partial charge in [-0.25, -0.2) is 0 Å². The zero-order valence-corrected chi connectivity index (χ0v) is 9.25. The molecule has 0 heterocycles. The number of rotatable bonds is 4. The summed E-state index contributed by atoms with van der Waals surface area (Å²) in [7, 11) is 0. The molecule has 5 N–H and O–H groups in total. The molecule has 0 radical (unpaired) electrons. The molecule has 94 valence electrons. The Labute approximate surface area is 99.7 Å². The monoisotopic (exact) mass is 242 g/mol. The van der Waals surface area contributed by atoms with Crippen LogP contribution in [0.4, 0.5) is 0 Å². The summed E-state index contributed by atoms with van der Waals surface area (Å²) in [6, 6.07) is 0.999. The van der Waals surface area contributed by atoms with Crippen LogP contribution in [0.25, 0.3) is 0 Å². The van der Waals surface area contributed by atoms with Crippen molar-refractivity contribution in [2.75, 3.05) is 6.61 Å². The number of esters is 1.